The fraction of sp³-hybridized carbons (Fsp3) is 0.444. The van der Waals surface area contributed by atoms with Gasteiger partial charge in [-0.25, -0.2) is 8.42 Å². The van der Waals surface area contributed by atoms with Gasteiger partial charge in [0.25, 0.3) is 0 Å². The monoisotopic (exact) mass is 349 g/mol. The summed E-state index contributed by atoms with van der Waals surface area (Å²) < 4.78 is 38.0. The summed E-state index contributed by atoms with van der Waals surface area (Å²) >= 11 is 0. The molecule has 3 rings (SSSR count). The Morgan fingerprint density at radius 2 is 2.00 bits per heavy atom. The lowest BCUT2D eigenvalue weighted by molar-refractivity contribution is 0.197. The van der Waals surface area contributed by atoms with E-state index in [1.807, 2.05) is 31.2 Å². The molecule has 0 unspecified atom stereocenters. The third kappa shape index (κ3) is 4.06. The summed E-state index contributed by atoms with van der Waals surface area (Å²) in [6, 6.07) is 11.8. The Hall–Kier alpha value is -1.63. The molecular weight excluding hydrogens is 326 g/mol. The molecule has 130 valence electrons. The van der Waals surface area contributed by atoms with E-state index in [2.05, 4.69) is 0 Å². The molecule has 1 saturated heterocycles. The average Bonchev–Trinajstić information content (AvgIpc) is 3.26. The van der Waals surface area contributed by atoms with Gasteiger partial charge in [0.05, 0.1) is 19.4 Å². The molecule has 0 aliphatic carbocycles. The first kappa shape index (κ1) is 17.2. The standard InChI is InChI=1S/C18H23NO4S/c1-15-4-6-16(7-5-15)8-10-19(13-17-3-2-11-23-17)24(20,21)18-9-12-22-14-18/h2-7,11,18H,8-10,12-14H2,1H3/t18-/m0/s1. The van der Waals surface area contributed by atoms with Crippen LogP contribution in [0.4, 0.5) is 0 Å². The van der Waals surface area contributed by atoms with Gasteiger partial charge in [-0.2, -0.15) is 4.31 Å². The zero-order valence-electron chi connectivity index (χ0n) is 13.8. The van der Waals surface area contributed by atoms with Crippen molar-refractivity contribution in [3.8, 4) is 0 Å². The summed E-state index contributed by atoms with van der Waals surface area (Å²) in [5, 5.41) is -0.453. The molecular formula is C18H23NO4S. The Labute approximate surface area is 143 Å². The van der Waals surface area contributed by atoms with Crippen LogP contribution in [-0.2, 0) is 27.7 Å². The number of sulfonamides is 1. The van der Waals surface area contributed by atoms with Crippen molar-refractivity contribution < 1.29 is 17.6 Å². The smallest absolute Gasteiger partial charge is 0.219 e. The van der Waals surface area contributed by atoms with Crippen LogP contribution in [0.1, 0.15) is 23.3 Å². The number of nitrogens with zero attached hydrogens (tertiary/aromatic N) is 1. The Bertz CT molecular complexity index is 732. The van der Waals surface area contributed by atoms with Crippen molar-refractivity contribution in [2.75, 3.05) is 19.8 Å². The van der Waals surface area contributed by atoms with E-state index in [0.717, 1.165) is 5.56 Å². The van der Waals surface area contributed by atoms with Crippen molar-refractivity contribution >= 4 is 10.0 Å². The fourth-order valence-corrected chi connectivity index (χ4v) is 4.58. The van der Waals surface area contributed by atoms with Gasteiger partial charge in [-0.15, -0.1) is 0 Å². The molecule has 0 spiro atoms. The highest BCUT2D eigenvalue weighted by Gasteiger charge is 2.35. The second-order valence-corrected chi connectivity index (χ2v) is 8.39. The number of rotatable bonds is 7. The molecule has 24 heavy (non-hydrogen) atoms. The minimum absolute atomic E-state index is 0.262. The van der Waals surface area contributed by atoms with E-state index in [1.165, 1.54) is 9.87 Å². The molecule has 0 bridgehead atoms. The minimum atomic E-state index is -3.41. The first-order valence-corrected chi connectivity index (χ1v) is 9.70. The first-order chi connectivity index (χ1) is 11.6. The molecule has 0 radical (unpaired) electrons. The van der Waals surface area contributed by atoms with Crippen molar-refractivity contribution in [3.05, 3.63) is 59.5 Å². The number of hydrogen-bond donors (Lipinski definition) is 0. The quantitative estimate of drug-likeness (QED) is 0.771. The predicted octanol–water partition coefficient (Wildman–Crippen LogP) is 2.75. The molecule has 0 amide bonds. The van der Waals surface area contributed by atoms with Crippen LogP contribution in [0.25, 0.3) is 0 Å². The summed E-state index contributed by atoms with van der Waals surface area (Å²) in [5.74, 6) is 0.654. The topological polar surface area (TPSA) is 59.8 Å². The number of benzene rings is 1. The van der Waals surface area contributed by atoms with Crippen LogP contribution in [-0.4, -0.2) is 37.7 Å². The summed E-state index contributed by atoms with van der Waals surface area (Å²) in [5.41, 5.74) is 2.32. The van der Waals surface area contributed by atoms with E-state index in [-0.39, 0.29) is 13.2 Å². The van der Waals surface area contributed by atoms with E-state index in [0.29, 0.717) is 31.8 Å². The number of hydrogen-bond acceptors (Lipinski definition) is 4. The second-order valence-electron chi connectivity index (χ2n) is 6.18. The summed E-state index contributed by atoms with van der Waals surface area (Å²) in [6.45, 7) is 3.52. The molecule has 1 aromatic carbocycles. The van der Waals surface area contributed by atoms with Gasteiger partial charge in [0, 0.05) is 13.2 Å². The fourth-order valence-electron chi connectivity index (χ4n) is 2.84. The van der Waals surface area contributed by atoms with Crippen LogP contribution in [0.2, 0.25) is 0 Å². The van der Waals surface area contributed by atoms with Crippen molar-refractivity contribution in [2.45, 2.75) is 31.6 Å². The highest BCUT2D eigenvalue weighted by Crippen LogP contribution is 2.21. The normalized spacial score (nSPS) is 18.3. The van der Waals surface area contributed by atoms with Gasteiger partial charge in [0.1, 0.15) is 11.0 Å². The molecule has 1 atom stereocenters. The van der Waals surface area contributed by atoms with E-state index in [1.54, 1.807) is 18.4 Å². The number of furan rings is 1. The lowest BCUT2D eigenvalue weighted by atomic mass is 10.1. The molecule has 0 saturated carbocycles. The van der Waals surface area contributed by atoms with Crippen molar-refractivity contribution in [2.24, 2.45) is 0 Å². The minimum Gasteiger partial charge on any atom is -0.468 e. The molecule has 5 nitrogen and oxygen atoms in total. The molecule has 0 N–H and O–H groups in total. The van der Waals surface area contributed by atoms with E-state index in [9.17, 15) is 8.42 Å². The van der Waals surface area contributed by atoms with Crippen LogP contribution >= 0.6 is 0 Å². The van der Waals surface area contributed by atoms with Crippen LogP contribution in [0.3, 0.4) is 0 Å². The average molecular weight is 349 g/mol. The predicted molar refractivity (Wildman–Crippen MR) is 92.1 cm³/mol. The maximum absolute atomic E-state index is 12.9. The summed E-state index contributed by atoms with van der Waals surface area (Å²) in [6.07, 6.45) is 2.80. The molecule has 2 heterocycles. The Balaban J connectivity index is 1.75. The van der Waals surface area contributed by atoms with Gasteiger partial charge in [-0.3, -0.25) is 0 Å². The Kier molecular flexibility index (Phi) is 5.38. The highest BCUT2D eigenvalue weighted by molar-refractivity contribution is 7.89. The van der Waals surface area contributed by atoms with E-state index >= 15 is 0 Å². The third-order valence-electron chi connectivity index (χ3n) is 4.35. The molecule has 1 aliphatic heterocycles. The van der Waals surface area contributed by atoms with Gasteiger partial charge in [-0.05, 0) is 37.5 Å². The Morgan fingerprint density at radius 3 is 2.62 bits per heavy atom. The van der Waals surface area contributed by atoms with Crippen molar-refractivity contribution in [1.82, 2.24) is 4.31 Å². The lowest BCUT2D eigenvalue weighted by Gasteiger charge is -2.24. The van der Waals surface area contributed by atoms with Gasteiger partial charge in [-0.1, -0.05) is 29.8 Å². The Morgan fingerprint density at radius 1 is 1.21 bits per heavy atom. The van der Waals surface area contributed by atoms with Gasteiger partial charge < -0.3 is 9.15 Å². The van der Waals surface area contributed by atoms with Crippen molar-refractivity contribution in [3.63, 3.8) is 0 Å². The van der Waals surface area contributed by atoms with E-state index in [4.69, 9.17) is 9.15 Å². The van der Waals surface area contributed by atoms with Crippen LogP contribution in [0, 0.1) is 6.92 Å². The largest absolute Gasteiger partial charge is 0.468 e. The van der Waals surface area contributed by atoms with Crippen molar-refractivity contribution in [1.29, 1.82) is 0 Å². The molecule has 1 fully saturated rings. The summed E-state index contributed by atoms with van der Waals surface area (Å²) in [4.78, 5) is 0. The van der Waals surface area contributed by atoms with E-state index < -0.39 is 15.3 Å². The lowest BCUT2D eigenvalue weighted by Crippen LogP contribution is -2.39. The van der Waals surface area contributed by atoms with Crippen LogP contribution in [0.15, 0.2) is 47.1 Å². The first-order valence-electron chi connectivity index (χ1n) is 8.20. The number of aryl methyl sites for hydroxylation is 1. The third-order valence-corrected chi connectivity index (χ3v) is 6.60. The zero-order valence-corrected chi connectivity index (χ0v) is 14.7. The highest BCUT2D eigenvalue weighted by atomic mass is 32.2. The zero-order chi connectivity index (χ0) is 17.0. The SMILES string of the molecule is Cc1ccc(CCN(Cc2ccco2)S(=O)(=O)[C@H]2CCOC2)cc1. The van der Waals surface area contributed by atoms with Crippen LogP contribution in [0.5, 0.6) is 0 Å². The molecule has 1 aliphatic rings. The summed E-state index contributed by atoms with van der Waals surface area (Å²) in [7, 11) is -3.41. The van der Waals surface area contributed by atoms with Crippen LogP contribution < -0.4 is 0 Å². The van der Waals surface area contributed by atoms with Gasteiger partial charge in [0.15, 0.2) is 0 Å². The molecule has 6 heteroatoms. The molecule has 1 aromatic heterocycles. The van der Waals surface area contributed by atoms with Gasteiger partial charge >= 0.3 is 0 Å². The maximum Gasteiger partial charge on any atom is 0.219 e. The van der Waals surface area contributed by atoms with Gasteiger partial charge in [0.2, 0.25) is 10.0 Å². The maximum atomic E-state index is 12.9. The number of ether oxygens (including phenoxy) is 1. The second kappa shape index (κ2) is 7.51. The molecule has 2 aromatic rings.